The van der Waals surface area contributed by atoms with Crippen LogP contribution in [0.15, 0.2) is 16.6 Å². The molecule has 0 N–H and O–H groups in total. The number of aryl methyl sites for hydroxylation is 1. The Bertz CT molecular complexity index is 361. The van der Waals surface area contributed by atoms with Crippen LogP contribution in [0.4, 0.5) is 0 Å². The van der Waals surface area contributed by atoms with E-state index in [1.807, 2.05) is 13.0 Å². The first kappa shape index (κ1) is 11.0. The molecule has 0 heterocycles. The summed E-state index contributed by atoms with van der Waals surface area (Å²) in [6.45, 7) is 3.29. The predicted octanol–water partition coefficient (Wildman–Crippen LogP) is 2.69. The first-order chi connectivity index (χ1) is 6.54. The first-order valence-electron chi connectivity index (χ1n) is 4.07. The summed E-state index contributed by atoms with van der Waals surface area (Å²) in [6.07, 6.45) is 0. The number of carbonyl (C=O) groups excluding carboxylic acids is 1. The minimum atomic E-state index is -0.362. The van der Waals surface area contributed by atoms with Crippen molar-refractivity contribution in [1.82, 2.24) is 0 Å². The van der Waals surface area contributed by atoms with Gasteiger partial charge in [0.05, 0.1) is 7.11 Å². The van der Waals surface area contributed by atoms with Gasteiger partial charge in [0.2, 0.25) is 0 Å². The van der Waals surface area contributed by atoms with Gasteiger partial charge in [0, 0.05) is 11.4 Å². The molecular formula is C10H11BrO3. The molecule has 14 heavy (non-hydrogen) atoms. The molecule has 0 amide bonds. The fraction of sp³-hybridized carbons (Fsp3) is 0.300. The summed E-state index contributed by atoms with van der Waals surface area (Å²) in [5.74, 6) is 0.623. The number of ether oxygens (including phenoxy) is 2. The molecular weight excluding hydrogens is 248 g/mol. The van der Waals surface area contributed by atoms with E-state index in [9.17, 15) is 4.79 Å². The lowest BCUT2D eigenvalue weighted by Gasteiger charge is -2.09. The second kappa shape index (κ2) is 4.46. The molecule has 0 unspecified atom stereocenters. The number of halogens is 1. The van der Waals surface area contributed by atoms with Crippen molar-refractivity contribution >= 4 is 21.9 Å². The third-order valence-corrected chi connectivity index (χ3v) is 2.55. The maximum atomic E-state index is 10.8. The van der Waals surface area contributed by atoms with Crippen LogP contribution in [0.5, 0.6) is 11.5 Å². The Balaban J connectivity index is 3.13. The molecule has 0 bridgehead atoms. The van der Waals surface area contributed by atoms with Gasteiger partial charge in [0.1, 0.15) is 0 Å². The highest BCUT2D eigenvalue weighted by molar-refractivity contribution is 9.10. The minimum Gasteiger partial charge on any atom is -0.493 e. The van der Waals surface area contributed by atoms with Crippen LogP contribution in [0.1, 0.15) is 12.5 Å². The smallest absolute Gasteiger partial charge is 0.308 e. The maximum Gasteiger partial charge on any atom is 0.308 e. The fourth-order valence-corrected chi connectivity index (χ4v) is 1.35. The maximum absolute atomic E-state index is 10.8. The van der Waals surface area contributed by atoms with Crippen molar-refractivity contribution in [2.75, 3.05) is 7.11 Å². The van der Waals surface area contributed by atoms with E-state index in [2.05, 4.69) is 15.9 Å². The number of rotatable bonds is 2. The normalized spacial score (nSPS) is 9.71. The van der Waals surface area contributed by atoms with Crippen molar-refractivity contribution in [1.29, 1.82) is 0 Å². The van der Waals surface area contributed by atoms with Gasteiger partial charge in [-0.2, -0.15) is 0 Å². The molecule has 0 aromatic heterocycles. The van der Waals surface area contributed by atoms with E-state index in [-0.39, 0.29) is 5.97 Å². The molecule has 0 saturated carbocycles. The van der Waals surface area contributed by atoms with Crippen molar-refractivity contribution in [3.8, 4) is 11.5 Å². The van der Waals surface area contributed by atoms with E-state index >= 15 is 0 Å². The summed E-state index contributed by atoms with van der Waals surface area (Å²) in [6, 6.07) is 3.53. The number of carbonyl (C=O) groups is 1. The van der Waals surface area contributed by atoms with E-state index in [1.54, 1.807) is 6.07 Å². The Labute approximate surface area is 91.1 Å². The monoisotopic (exact) mass is 258 g/mol. The van der Waals surface area contributed by atoms with Crippen LogP contribution >= 0.6 is 15.9 Å². The molecule has 0 atom stereocenters. The number of methoxy groups -OCH3 is 1. The molecule has 0 fully saturated rings. The van der Waals surface area contributed by atoms with Crippen LogP contribution in [-0.2, 0) is 4.79 Å². The largest absolute Gasteiger partial charge is 0.493 e. The quantitative estimate of drug-likeness (QED) is 0.605. The SMILES string of the molecule is COc1cc(C)c(Br)cc1OC(C)=O. The molecule has 76 valence electrons. The second-order valence-electron chi connectivity index (χ2n) is 2.85. The molecule has 1 rings (SSSR count). The standard InChI is InChI=1S/C10H11BrO3/c1-6-4-9(13-3)10(5-8(6)11)14-7(2)12/h4-5H,1-3H3. The Kier molecular flexibility index (Phi) is 3.52. The van der Waals surface area contributed by atoms with Crippen molar-refractivity contribution in [3.05, 3.63) is 22.2 Å². The van der Waals surface area contributed by atoms with E-state index < -0.39 is 0 Å². The lowest BCUT2D eigenvalue weighted by atomic mass is 10.2. The topological polar surface area (TPSA) is 35.5 Å². The minimum absolute atomic E-state index is 0.362. The Morgan fingerprint density at radius 2 is 2.00 bits per heavy atom. The first-order valence-corrected chi connectivity index (χ1v) is 4.86. The van der Waals surface area contributed by atoms with Gasteiger partial charge in [0.25, 0.3) is 0 Å². The fourth-order valence-electron chi connectivity index (χ4n) is 1.03. The van der Waals surface area contributed by atoms with Gasteiger partial charge in [-0.05, 0) is 24.6 Å². The van der Waals surface area contributed by atoms with Gasteiger partial charge in [-0.15, -0.1) is 0 Å². The van der Waals surface area contributed by atoms with Gasteiger partial charge in [0.15, 0.2) is 11.5 Å². The van der Waals surface area contributed by atoms with E-state index in [4.69, 9.17) is 9.47 Å². The van der Waals surface area contributed by atoms with Crippen LogP contribution in [-0.4, -0.2) is 13.1 Å². The highest BCUT2D eigenvalue weighted by Crippen LogP contribution is 2.33. The van der Waals surface area contributed by atoms with Crippen molar-refractivity contribution in [3.63, 3.8) is 0 Å². The van der Waals surface area contributed by atoms with Crippen molar-refractivity contribution in [2.24, 2.45) is 0 Å². The molecule has 0 aliphatic heterocycles. The van der Waals surface area contributed by atoms with Gasteiger partial charge in [-0.3, -0.25) is 4.79 Å². The number of esters is 1. The van der Waals surface area contributed by atoms with Crippen LogP contribution in [0.3, 0.4) is 0 Å². The summed E-state index contributed by atoms with van der Waals surface area (Å²) in [5, 5.41) is 0. The predicted molar refractivity (Wildman–Crippen MR) is 56.7 cm³/mol. The molecule has 4 heteroatoms. The molecule has 3 nitrogen and oxygen atoms in total. The van der Waals surface area contributed by atoms with Gasteiger partial charge in [-0.1, -0.05) is 15.9 Å². The summed E-state index contributed by atoms with van der Waals surface area (Å²) >= 11 is 3.35. The highest BCUT2D eigenvalue weighted by Gasteiger charge is 2.09. The van der Waals surface area contributed by atoms with Crippen molar-refractivity contribution in [2.45, 2.75) is 13.8 Å². The molecule has 1 aromatic carbocycles. The molecule has 0 saturated heterocycles. The number of hydrogen-bond donors (Lipinski definition) is 0. The molecule has 0 aliphatic carbocycles. The number of hydrogen-bond acceptors (Lipinski definition) is 3. The lowest BCUT2D eigenvalue weighted by Crippen LogP contribution is -2.03. The summed E-state index contributed by atoms with van der Waals surface area (Å²) in [7, 11) is 1.54. The molecule has 1 aromatic rings. The third kappa shape index (κ3) is 2.48. The Hall–Kier alpha value is -1.03. The molecule has 0 aliphatic rings. The number of benzene rings is 1. The van der Waals surface area contributed by atoms with Gasteiger partial charge >= 0.3 is 5.97 Å². The van der Waals surface area contributed by atoms with Crippen molar-refractivity contribution < 1.29 is 14.3 Å². The van der Waals surface area contributed by atoms with E-state index in [0.29, 0.717) is 11.5 Å². The Morgan fingerprint density at radius 1 is 1.36 bits per heavy atom. The molecule has 0 radical (unpaired) electrons. The van der Waals surface area contributed by atoms with Gasteiger partial charge in [-0.25, -0.2) is 0 Å². The Morgan fingerprint density at radius 3 is 2.50 bits per heavy atom. The average Bonchev–Trinajstić information content (AvgIpc) is 2.10. The zero-order valence-electron chi connectivity index (χ0n) is 8.26. The average molecular weight is 259 g/mol. The van der Waals surface area contributed by atoms with E-state index in [0.717, 1.165) is 10.0 Å². The summed E-state index contributed by atoms with van der Waals surface area (Å²) in [5.41, 5.74) is 1.03. The third-order valence-electron chi connectivity index (χ3n) is 1.70. The van der Waals surface area contributed by atoms with E-state index in [1.165, 1.54) is 14.0 Å². The van der Waals surface area contributed by atoms with Crippen LogP contribution in [0.2, 0.25) is 0 Å². The zero-order valence-corrected chi connectivity index (χ0v) is 9.84. The van der Waals surface area contributed by atoms with Gasteiger partial charge < -0.3 is 9.47 Å². The van der Waals surface area contributed by atoms with Crippen LogP contribution < -0.4 is 9.47 Å². The van der Waals surface area contributed by atoms with Crippen LogP contribution in [0, 0.1) is 6.92 Å². The summed E-state index contributed by atoms with van der Waals surface area (Å²) in [4.78, 5) is 10.8. The lowest BCUT2D eigenvalue weighted by molar-refractivity contribution is -0.132. The zero-order chi connectivity index (χ0) is 10.7. The molecule has 0 spiro atoms. The highest BCUT2D eigenvalue weighted by atomic mass is 79.9. The summed E-state index contributed by atoms with van der Waals surface area (Å²) < 4.78 is 10.9. The van der Waals surface area contributed by atoms with Crippen LogP contribution in [0.25, 0.3) is 0 Å². The second-order valence-corrected chi connectivity index (χ2v) is 3.70.